The third-order valence-corrected chi connectivity index (χ3v) is 4.90. The summed E-state index contributed by atoms with van der Waals surface area (Å²) in [5, 5.41) is 0. The van der Waals surface area contributed by atoms with Gasteiger partial charge in [0.1, 0.15) is 0 Å². The van der Waals surface area contributed by atoms with E-state index < -0.39 is 12.1 Å². The van der Waals surface area contributed by atoms with Gasteiger partial charge < -0.3 is 40.2 Å². The van der Waals surface area contributed by atoms with Gasteiger partial charge in [-0.3, -0.25) is 9.59 Å². The van der Waals surface area contributed by atoms with Crippen molar-refractivity contribution < 1.29 is 28.5 Å². The van der Waals surface area contributed by atoms with Gasteiger partial charge in [-0.1, -0.05) is 13.8 Å². The molecule has 1 rings (SSSR count). The highest BCUT2D eigenvalue weighted by Gasteiger charge is 2.20. The quantitative estimate of drug-likeness (QED) is 0.591. The Kier molecular flexibility index (Phi) is 14.6. The van der Waals surface area contributed by atoms with E-state index in [1.807, 2.05) is 13.8 Å². The van der Waals surface area contributed by atoms with Crippen molar-refractivity contribution in [3.05, 3.63) is 0 Å². The zero-order valence-electron chi connectivity index (χ0n) is 18.6. The van der Waals surface area contributed by atoms with E-state index in [1.54, 1.807) is 9.80 Å². The van der Waals surface area contributed by atoms with Gasteiger partial charge in [0, 0.05) is 26.2 Å². The minimum atomic E-state index is -0.513. The second-order valence-corrected chi connectivity index (χ2v) is 7.13. The minimum Gasteiger partial charge on any atom is -0.377 e. The molecule has 176 valence electrons. The molecule has 0 aromatic rings. The van der Waals surface area contributed by atoms with Crippen LogP contribution < -0.4 is 11.5 Å². The zero-order chi connectivity index (χ0) is 22.2. The molecule has 4 N–H and O–H groups in total. The Labute approximate surface area is 180 Å². The third kappa shape index (κ3) is 10.6. The van der Waals surface area contributed by atoms with E-state index >= 15 is 0 Å². The van der Waals surface area contributed by atoms with Crippen molar-refractivity contribution >= 4 is 11.8 Å². The predicted molar refractivity (Wildman–Crippen MR) is 113 cm³/mol. The van der Waals surface area contributed by atoms with E-state index in [1.165, 1.54) is 0 Å². The fourth-order valence-electron chi connectivity index (χ4n) is 2.83. The average Bonchev–Trinajstić information content (AvgIpc) is 2.76. The first kappa shape index (κ1) is 26.7. The van der Waals surface area contributed by atoms with Crippen molar-refractivity contribution in [2.45, 2.75) is 38.8 Å². The molecule has 10 nitrogen and oxygen atoms in total. The minimum absolute atomic E-state index is 0.0957. The number of amides is 2. The Balaban J connectivity index is 2.53. The van der Waals surface area contributed by atoms with Crippen LogP contribution in [0.2, 0.25) is 0 Å². The number of hydrogen-bond donors (Lipinski definition) is 2. The first-order valence-electron chi connectivity index (χ1n) is 10.9. The fourth-order valence-corrected chi connectivity index (χ4v) is 2.83. The van der Waals surface area contributed by atoms with E-state index in [2.05, 4.69) is 0 Å². The van der Waals surface area contributed by atoms with E-state index in [9.17, 15) is 9.59 Å². The van der Waals surface area contributed by atoms with Gasteiger partial charge in [-0.25, -0.2) is 0 Å². The van der Waals surface area contributed by atoms with Crippen molar-refractivity contribution in [2.24, 2.45) is 11.5 Å². The molecule has 0 bridgehead atoms. The van der Waals surface area contributed by atoms with Crippen LogP contribution in [0.15, 0.2) is 0 Å². The van der Waals surface area contributed by atoms with Crippen LogP contribution in [0.5, 0.6) is 0 Å². The van der Waals surface area contributed by atoms with E-state index in [4.69, 9.17) is 30.4 Å². The second-order valence-electron chi connectivity index (χ2n) is 7.13. The largest absolute Gasteiger partial charge is 0.377 e. The van der Waals surface area contributed by atoms with Gasteiger partial charge >= 0.3 is 0 Å². The predicted octanol–water partition coefficient (Wildman–Crippen LogP) is -0.802. The summed E-state index contributed by atoms with van der Waals surface area (Å²) in [7, 11) is 0. The Morgan fingerprint density at radius 2 is 0.900 bits per heavy atom. The Bertz CT molecular complexity index is 420. The number of ether oxygens (including phenoxy) is 4. The smallest absolute Gasteiger partial charge is 0.239 e. The maximum atomic E-state index is 12.4. The van der Waals surface area contributed by atoms with E-state index in [0.29, 0.717) is 91.9 Å². The molecule has 2 unspecified atom stereocenters. The molecular weight excluding hydrogens is 392 g/mol. The molecule has 1 saturated heterocycles. The van der Waals surface area contributed by atoms with Gasteiger partial charge in [-0.05, 0) is 12.8 Å². The van der Waals surface area contributed by atoms with Gasteiger partial charge in [-0.2, -0.15) is 0 Å². The van der Waals surface area contributed by atoms with Crippen molar-refractivity contribution in [3.63, 3.8) is 0 Å². The molecule has 10 heteroatoms. The Morgan fingerprint density at radius 1 is 0.633 bits per heavy atom. The third-order valence-electron chi connectivity index (χ3n) is 4.90. The summed E-state index contributed by atoms with van der Waals surface area (Å²) >= 11 is 0. The molecule has 30 heavy (non-hydrogen) atoms. The molecule has 0 radical (unpaired) electrons. The van der Waals surface area contributed by atoms with Crippen LogP contribution in [0.3, 0.4) is 0 Å². The van der Waals surface area contributed by atoms with Gasteiger partial charge in [0.2, 0.25) is 11.8 Å². The topological polar surface area (TPSA) is 130 Å². The van der Waals surface area contributed by atoms with Gasteiger partial charge in [-0.15, -0.1) is 0 Å². The Morgan fingerprint density at radius 3 is 1.13 bits per heavy atom. The Hall–Kier alpha value is -1.30. The molecule has 1 aliphatic rings. The molecule has 0 aromatic carbocycles. The molecule has 0 saturated carbocycles. The van der Waals surface area contributed by atoms with Gasteiger partial charge in [0.25, 0.3) is 0 Å². The lowest BCUT2D eigenvalue weighted by Crippen LogP contribution is -2.46. The molecule has 1 aliphatic heterocycles. The maximum Gasteiger partial charge on any atom is 0.239 e. The van der Waals surface area contributed by atoms with Gasteiger partial charge in [0.15, 0.2) is 0 Å². The molecule has 1 heterocycles. The highest BCUT2D eigenvalue weighted by Crippen LogP contribution is 2.00. The van der Waals surface area contributed by atoms with E-state index in [-0.39, 0.29) is 11.8 Å². The van der Waals surface area contributed by atoms with Crippen LogP contribution in [0, 0.1) is 0 Å². The second kappa shape index (κ2) is 16.4. The lowest BCUT2D eigenvalue weighted by atomic mass is 10.2. The highest BCUT2D eigenvalue weighted by atomic mass is 16.5. The number of rotatable bonds is 4. The maximum absolute atomic E-state index is 12.4. The summed E-state index contributed by atoms with van der Waals surface area (Å²) in [6, 6.07) is -1.03. The number of nitrogens with zero attached hydrogens (tertiary/aromatic N) is 2. The summed E-state index contributed by atoms with van der Waals surface area (Å²) in [5.74, 6) is -0.191. The monoisotopic (exact) mass is 432 g/mol. The number of nitrogens with two attached hydrogens (primary N) is 2. The highest BCUT2D eigenvalue weighted by molar-refractivity contribution is 5.82. The zero-order valence-corrected chi connectivity index (χ0v) is 18.6. The number of hydrogen-bond acceptors (Lipinski definition) is 8. The summed E-state index contributed by atoms with van der Waals surface area (Å²) in [5.41, 5.74) is 11.8. The van der Waals surface area contributed by atoms with Crippen LogP contribution in [-0.2, 0) is 28.5 Å². The summed E-state index contributed by atoms with van der Waals surface area (Å²) in [4.78, 5) is 28.2. The van der Waals surface area contributed by atoms with E-state index in [0.717, 1.165) is 0 Å². The van der Waals surface area contributed by atoms with Gasteiger partial charge in [0.05, 0.1) is 64.9 Å². The first-order chi connectivity index (χ1) is 14.5. The molecule has 0 aromatic heterocycles. The van der Waals surface area contributed by atoms with Crippen LogP contribution >= 0.6 is 0 Å². The van der Waals surface area contributed by atoms with Crippen LogP contribution in [0.25, 0.3) is 0 Å². The number of carbonyl (C=O) groups excluding carboxylic acids is 2. The van der Waals surface area contributed by atoms with Crippen molar-refractivity contribution in [2.75, 3.05) is 79.0 Å². The summed E-state index contributed by atoms with van der Waals surface area (Å²) in [6.45, 7) is 8.76. The molecule has 2 atom stereocenters. The first-order valence-corrected chi connectivity index (χ1v) is 10.9. The van der Waals surface area contributed by atoms with Crippen LogP contribution in [-0.4, -0.2) is 113 Å². The molecule has 0 spiro atoms. The summed E-state index contributed by atoms with van der Waals surface area (Å²) < 4.78 is 22.3. The van der Waals surface area contributed by atoms with Crippen LogP contribution in [0.4, 0.5) is 0 Å². The fraction of sp³-hybridized carbons (Fsp3) is 0.900. The lowest BCUT2D eigenvalue weighted by molar-refractivity contribution is -0.136. The van der Waals surface area contributed by atoms with Crippen molar-refractivity contribution in [1.29, 1.82) is 0 Å². The number of carbonyl (C=O) groups is 2. The lowest BCUT2D eigenvalue weighted by Gasteiger charge is -2.26. The molecule has 2 amide bonds. The molecule has 1 fully saturated rings. The molecule has 0 aliphatic carbocycles. The van der Waals surface area contributed by atoms with Crippen molar-refractivity contribution in [3.8, 4) is 0 Å². The molecular formula is C20H40N4O6. The van der Waals surface area contributed by atoms with Crippen LogP contribution in [0.1, 0.15) is 26.7 Å². The average molecular weight is 433 g/mol. The van der Waals surface area contributed by atoms with Crippen molar-refractivity contribution in [1.82, 2.24) is 9.80 Å². The standard InChI is InChI=1S/C20H40N4O6/c1-3-17(21)19(25)23-5-9-27-13-15-29-11-7-24(20(26)18(22)4-2)8-12-30-16-14-28-10-6-23/h17-18H,3-16,21-22H2,1-2H3. The SMILES string of the molecule is CCC(N)C(=O)N1CCOCCOCCN(C(=O)C(N)CC)CCOCCOCC1. The normalized spacial score (nSPS) is 21.3. The summed E-state index contributed by atoms with van der Waals surface area (Å²) in [6.07, 6.45) is 1.17.